The number of amides is 1. The van der Waals surface area contributed by atoms with E-state index in [1.165, 1.54) is 18.2 Å². The van der Waals surface area contributed by atoms with Crippen molar-refractivity contribution >= 4 is 49.0 Å². The average Bonchev–Trinajstić information content (AvgIpc) is 2.31. The van der Waals surface area contributed by atoms with Crippen LogP contribution in [-0.2, 0) is 14.6 Å². The van der Waals surface area contributed by atoms with Crippen LogP contribution in [0.4, 0.5) is 5.69 Å². The molecule has 0 spiro atoms. The zero-order valence-electron chi connectivity index (χ0n) is 10.4. The second-order valence-corrected chi connectivity index (χ2v) is 7.32. The van der Waals surface area contributed by atoms with E-state index in [0.29, 0.717) is 17.1 Å². The van der Waals surface area contributed by atoms with E-state index in [9.17, 15) is 13.2 Å². The molecule has 0 heterocycles. The van der Waals surface area contributed by atoms with Crippen LogP contribution >= 0.6 is 27.5 Å². The highest BCUT2D eigenvalue weighted by molar-refractivity contribution is 9.09. The average molecular weight is 369 g/mol. The van der Waals surface area contributed by atoms with E-state index in [1.54, 1.807) is 0 Å². The molecule has 19 heavy (non-hydrogen) atoms. The lowest BCUT2D eigenvalue weighted by Gasteiger charge is -2.08. The van der Waals surface area contributed by atoms with Crippen molar-refractivity contribution in [2.24, 2.45) is 0 Å². The monoisotopic (exact) mass is 367 g/mol. The molecule has 4 nitrogen and oxygen atoms in total. The van der Waals surface area contributed by atoms with Crippen molar-refractivity contribution in [2.45, 2.75) is 24.2 Å². The molecule has 1 rings (SSSR count). The fourth-order valence-corrected chi connectivity index (χ4v) is 2.63. The molecule has 0 fully saturated rings. The van der Waals surface area contributed by atoms with Crippen LogP contribution in [0.15, 0.2) is 23.1 Å². The minimum atomic E-state index is -3.31. The topological polar surface area (TPSA) is 63.2 Å². The predicted octanol–water partition coefficient (Wildman–Crippen LogP) is 3.25. The number of sulfone groups is 1. The van der Waals surface area contributed by atoms with Crippen LogP contribution in [-0.4, -0.2) is 25.9 Å². The summed E-state index contributed by atoms with van der Waals surface area (Å²) in [5, 5.41) is 3.80. The number of hydrogen-bond donors (Lipinski definition) is 1. The number of nitrogens with one attached hydrogen (secondary N) is 1. The first kappa shape index (κ1) is 16.5. The summed E-state index contributed by atoms with van der Waals surface area (Å²) < 4.78 is 22.9. The molecule has 0 bridgehead atoms. The van der Waals surface area contributed by atoms with Crippen LogP contribution in [0.25, 0.3) is 0 Å². The molecule has 0 atom stereocenters. The van der Waals surface area contributed by atoms with Crippen molar-refractivity contribution in [3.05, 3.63) is 23.2 Å². The van der Waals surface area contributed by atoms with Crippen LogP contribution in [0, 0.1) is 0 Å². The standard InChI is InChI=1S/C12H15BrClNO3S/c1-19(17,18)9-5-6-10(14)11(8-9)15-12(16)4-2-3-7-13/h5-6,8H,2-4,7H2,1H3,(H,15,16). The summed E-state index contributed by atoms with van der Waals surface area (Å²) in [7, 11) is -3.31. The fourth-order valence-electron chi connectivity index (χ4n) is 1.42. The van der Waals surface area contributed by atoms with Gasteiger partial charge in [0.25, 0.3) is 0 Å². The SMILES string of the molecule is CS(=O)(=O)c1ccc(Cl)c(NC(=O)CCCCBr)c1. The van der Waals surface area contributed by atoms with E-state index in [4.69, 9.17) is 11.6 Å². The molecule has 1 amide bonds. The third kappa shape index (κ3) is 5.50. The van der Waals surface area contributed by atoms with Crippen LogP contribution in [0.2, 0.25) is 5.02 Å². The first-order chi connectivity index (χ1) is 8.84. The van der Waals surface area contributed by atoms with Gasteiger partial charge < -0.3 is 5.32 Å². The summed E-state index contributed by atoms with van der Waals surface area (Å²) in [6.45, 7) is 0. The van der Waals surface area contributed by atoms with E-state index in [-0.39, 0.29) is 10.8 Å². The lowest BCUT2D eigenvalue weighted by atomic mass is 10.2. The van der Waals surface area contributed by atoms with Gasteiger partial charge >= 0.3 is 0 Å². The van der Waals surface area contributed by atoms with Gasteiger partial charge in [0.05, 0.1) is 15.6 Å². The number of benzene rings is 1. The van der Waals surface area contributed by atoms with Crippen molar-refractivity contribution in [3.8, 4) is 0 Å². The molecular formula is C12H15BrClNO3S. The van der Waals surface area contributed by atoms with E-state index >= 15 is 0 Å². The Kier molecular flexibility index (Phi) is 6.29. The maximum Gasteiger partial charge on any atom is 0.224 e. The molecule has 0 aromatic heterocycles. The molecule has 0 saturated heterocycles. The quantitative estimate of drug-likeness (QED) is 0.619. The number of anilines is 1. The molecular weight excluding hydrogens is 354 g/mol. The van der Waals surface area contributed by atoms with Gasteiger partial charge in [-0.1, -0.05) is 27.5 Å². The van der Waals surface area contributed by atoms with Gasteiger partial charge in [0.1, 0.15) is 0 Å². The number of carbonyl (C=O) groups excluding carboxylic acids is 1. The van der Waals surface area contributed by atoms with Gasteiger partial charge in [-0.25, -0.2) is 8.42 Å². The first-order valence-electron chi connectivity index (χ1n) is 5.70. The lowest BCUT2D eigenvalue weighted by molar-refractivity contribution is -0.116. The number of carbonyl (C=O) groups is 1. The Morgan fingerprint density at radius 1 is 1.37 bits per heavy atom. The number of rotatable bonds is 6. The molecule has 1 aromatic carbocycles. The van der Waals surface area contributed by atoms with E-state index in [2.05, 4.69) is 21.2 Å². The Morgan fingerprint density at radius 2 is 2.05 bits per heavy atom. The Balaban J connectivity index is 2.80. The lowest BCUT2D eigenvalue weighted by Crippen LogP contribution is -2.12. The molecule has 0 aliphatic heterocycles. The third-order valence-electron chi connectivity index (χ3n) is 2.43. The summed E-state index contributed by atoms with van der Waals surface area (Å²) in [6, 6.07) is 4.25. The molecule has 1 aromatic rings. The highest BCUT2D eigenvalue weighted by Gasteiger charge is 2.12. The Bertz CT molecular complexity index is 560. The molecule has 0 aliphatic carbocycles. The summed E-state index contributed by atoms with van der Waals surface area (Å²) in [6.07, 6.45) is 3.16. The zero-order chi connectivity index (χ0) is 14.5. The van der Waals surface area contributed by atoms with Crippen LogP contribution < -0.4 is 5.32 Å². The number of halogens is 2. The normalized spacial score (nSPS) is 11.3. The maximum absolute atomic E-state index is 11.7. The summed E-state index contributed by atoms with van der Waals surface area (Å²) >= 11 is 9.22. The zero-order valence-corrected chi connectivity index (χ0v) is 13.6. The van der Waals surface area contributed by atoms with Gasteiger partial charge in [0.2, 0.25) is 5.91 Å². The van der Waals surface area contributed by atoms with Gasteiger partial charge in [0, 0.05) is 18.0 Å². The summed E-state index contributed by atoms with van der Waals surface area (Å²) in [4.78, 5) is 11.8. The predicted molar refractivity (Wildman–Crippen MR) is 80.8 cm³/mol. The summed E-state index contributed by atoms with van der Waals surface area (Å²) in [5.41, 5.74) is 0.327. The van der Waals surface area contributed by atoms with Crippen molar-refractivity contribution in [2.75, 3.05) is 16.9 Å². The molecule has 106 valence electrons. The highest BCUT2D eigenvalue weighted by Crippen LogP contribution is 2.25. The Hall–Kier alpha value is -0.590. The van der Waals surface area contributed by atoms with Crippen molar-refractivity contribution in [1.29, 1.82) is 0 Å². The molecule has 7 heteroatoms. The van der Waals surface area contributed by atoms with Crippen LogP contribution in [0.1, 0.15) is 19.3 Å². The molecule has 0 unspecified atom stereocenters. The molecule has 1 N–H and O–H groups in total. The van der Waals surface area contributed by atoms with Gasteiger partial charge in [0.15, 0.2) is 9.84 Å². The molecule has 0 saturated carbocycles. The maximum atomic E-state index is 11.7. The van der Waals surface area contributed by atoms with Crippen molar-refractivity contribution < 1.29 is 13.2 Å². The fraction of sp³-hybridized carbons (Fsp3) is 0.417. The Morgan fingerprint density at radius 3 is 2.63 bits per heavy atom. The van der Waals surface area contributed by atoms with Gasteiger partial charge in [-0.2, -0.15) is 0 Å². The second kappa shape index (κ2) is 7.26. The minimum Gasteiger partial charge on any atom is -0.325 e. The van der Waals surface area contributed by atoms with Crippen LogP contribution in [0.5, 0.6) is 0 Å². The number of alkyl halides is 1. The van der Waals surface area contributed by atoms with Gasteiger partial charge in [-0.15, -0.1) is 0 Å². The first-order valence-corrected chi connectivity index (χ1v) is 9.09. The van der Waals surface area contributed by atoms with E-state index in [1.807, 2.05) is 0 Å². The highest BCUT2D eigenvalue weighted by atomic mass is 79.9. The molecule has 0 aliphatic rings. The number of unbranched alkanes of at least 4 members (excludes halogenated alkanes) is 1. The largest absolute Gasteiger partial charge is 0.325 e. The number of hydrogen-bond acceptors (Lipinski definition) is 3. The third-order valence-corrected chi connectivity index (χ3v) is 4.43. The molecule has 0 radical (unpaired) electrons. The Labute approximate surface area is 126 Å². The second-order valence-electron chi connectivity index (χ2n) is 4.11. The van der Waals surface area contributed by atoms with Gasteiger partial charge in [-0.05, 0) is 31.0 Å². The minimum absolute atomic E-state index is 0.132. The van der Waals surface area contributed by atoms with Gasteiger partial charge in [-0.3, -0.25) is 4.79 Å². The van der Waals surface area contributed by atoms with Crippen molar-refractivity contribution in [1.82, 2.24) is 0 Å². The smallest absolute Gasteiger partial charge is 0.224 e. The van der Waals surface area contributed by atoms with E-state index in [0.717, 1.165) is 24.4 Å². The van der Waals surface area contributed by atoms with Crippen molar-refractivity contribution in [3.63, 3.8) is 0 Å². The summed E-state index contributed by atoms with van der Waals surface area (Å²) in [5.74, 6) is -0.173. The van der Waals surface area contributed by atoms with Crippen LogP contribution in [0.3, 0.4) is 0 Å². The van der Waals surface area contributed by atoms with E-state index < -0.39 is 9.84 Å².